The molecule has 3 heterocycles. The first kappa shape index (κ1) is 13.1. The van der Waals surface area contributed by atoms with Crippen LogP contribution in [-0.4, -0.2) is 56.0 Å². The smallest absolute Gasteiger partial charge is 0.231 e. The van der Waals surface area contributed by atoms with Crippen molar-refractivity contribution in [3.63, 3.8) is 0 Å². The highest BCUT2D eigenvalue weighted by Gasteiger charge is 2.17. The maximum atomic E-state index is 5.76. The molecular weight excluding hydrogens is 280 g/mol. The monoisotopic (exact) mass is 294 g/mol. The lowest BCUT2D eigenvalue weighted by Crippen LogP contribution is -2.37. The lowest BCUT2D eigenvalue weighted by atomic mass is 10.4. The molecule has 10 heteroatoms. The quantitative estimate of drug-likeness (QED) is 0.806. The second kappa shape index (κ2) is 5.59. The van der Waals surface area contributed by atoms with E-state index in [2.05, 4.69) is 25.1 Å². The minimum absolute atomic E-state index is 0.200. The summed E-state index contributed by atoms with van der Waals surface area (Å²) in [5.74, 6) is 0.775. The fourth-order valence-electron chi connectivity index (χ4n) is 1.76. The van der Waals surface area contributed by atoms with E-state index in [9.17, 15) is 0 Å². The van der Waals surface area contributed by atoms with E-state index in [0.29, 0.717) is 29.5 Å². The van der Waals surface area contributed by atoms with Crippen LogP contribution in [0.2, 0.25) is 0 Å². The van der Waals surface area contributed by atoms with Gasteiger partial charge in [0.25, 0.3) is 0 Å². The molecule has 0 spiro atoms. The lowest BCUT2D eigenvalue weighted by molar-refractivity contribution is 0.122. The molecule has 0 aliphatic carbocycles. The Bertz CT molecular complexity index is 597. The standard InChI is InChI=1S/C10H14N8OS/c1-17-6-12-16-10(17)20-9-14-7(11)13-8(15-9)18-2-4-19-5-3-18/h6H,2-5H2,1H3,(H2,11,13,14,15). The Kier molecular flexibility index (Phi) is 3.65. The minimum atomic E-state index is 0.200. The molecule has 3 rings (SSSR count). The van der Waals surface area contributed by atoms with Crippen LogP contribution in [0.15, 0.2) is 16.6 Å². The van der Waals surface area contributed by atoms with Gasteiger partial charge in [0, 0.05) is 20.1 Å². The van der Waals surface area contributed by atoms with Crippen molar-refractivity contribution >= 4 is 23.7 Å². The number of rotatable bonds is 3. The number of aromatic nitrogens is 6. The zero-order valence-corrected chi connectivity index (χ0v) is 11.7. The number of nitrogens with two attached hydrogens (primary N) is 1. The summed E-state index contributed by atoms with van der Waals surface area (Å²) in [5, 5.41) is 9.01. The zero-order chi connectivity index (χ0) is 13.9. The molecule has 1 aliphatic rings. The molecule has 0 radical (unpaired) electrons. The maximum Gasteiger partial charge on any atom is 0.231 e. The van der Waals surface area contributed by atoms with Crippen molar-refractivity contribution in [2.45, 2.75) is 10.3 Å². The summed E-state index contributed by atoms with van der Waals surface area (Å²) >= 11 is 1.30. The average Bonchev–Trinajstić information content (AvgIpc) is 2.85. The Morgan fingerprint density at radius 3 is 2.75 bits per heavy atom. The summed E-state index contributed by atoms with van der Waals surface area (Å²) in [4.78, 5) is 14.8. The Morgan fingerprint density at radius 2 is 2.05 bits per heavy atom. The summed E-state index contributed by atoms with van der Waals surface area (Å²) < 4.78 is 7.10. The number of aryl methyl sites for hydroxylation is 1. The first-order valence-corrected chi connectivity index (χ1v) is 6.90. The number of hydrogen-bond donors (Lipinski definition) is 1. The van der Waals surface area contributed by atoms with Crippen molar-refractivity contribution < 1.29 is 4.74 Å². The van der Waals surface area contributed by atoms with Crippen LogP contribution in [0, 0.1) is 0 Å². The third-order valence-electron chi connectivity index (χ3n) is 2.77. The Labute approximate surface area is 119 Å². The fraction of sp³-hybridized carbons (Fsp3) is 0.500. The van der Waals surface area contributed by atoms with Gasteiger partial charge in [-0.15, -0.1) is 10.2 Å². The maximum absolute atomic E-state index is 5.76. The highest BCUT2D eigenvalue weighted by atomic mass is 32.2. The number of nitrogen functional groups attached to an aromatic ring is 1. The van der Waals surface area contributed by atoms with Crippen LogP contribution >= 0.6 is 11.8 Å². The third-order valence-corrected chi connectivity index (χ3v) is 3.68. The van der Waals surface area contributed by atoms with E-state index in [1.165, 1.54) is 11.8 Å². The van der Waals surface area contributed by atoms with Gasteiger partial charge in [-0.1, -0.05) is 0 Å². The molecule has 2 N–H and O–H groups in total. The molecule has 9 nitrogen and oxygen atoms in total. The Hall–Kier alpha value is -1.94. The van der Waals surface area contributed by atoms with Gasteiger partial charge >= 0.3 is 0 Å². The molecule has 0 aromatic carbocycles. The van der Waals surface area contributed by atoms with Crippen molar-refractivity contribution in [1.82, 2.24) is 29.7 Å². The van der Waals surface area contributed by atoms with Crippen LogP contribution in [0.1, 0.15) is 0 Å². The Balaban J connectivity index is 1.84. The van der Waals surface area contributed by atoms with Gasteiger partial charge in [0.2, 0.25) is 17.1 Å². The summed E-state index contributed by atoms with van der Waals surface area (Å²) in [5.41, 5.74) is 5.76. The molecule has 1 fully saturated rings. The van der Waals surface area contributed by atoms with Crippen molar-refractivity contribution in [1.29, 1.82) is 0 Å². The van der Waals surface area contributed by atoms with Gasteiger partial charge in [0.05, 0.1) is 13.2 Å². The molecule has 2 aromatic heterocycles. The molecule has 106 valence electrons. The van der Waals surface area contributed by atoms with Gasteiger partial charge in [0.15, 0.2) is 5.16 Å². The lowest BCUT2D eigenvalue weighted by Gasteiger charge is -2.26. The van der Waals surface area contributed by atoms with Crippen LogP contribution in [0.3, 0.4) is 0 Å². The summed E-state index contributed by atoms with van der Waals surface area (Å²) in [6.45, 7) is 2.82. The second-order valence-electron chi connectivity index (χ2n) is 4.20. The number of hydrogen-bond acceptors (Lipinski definition) is 9. The van der Waals surface area contributed by atoms with E-state index in [4.69, 9.17) is 10.5 Å². The van der Waals surface area contributed by atoms with Gasteiger partial charge in [0.1, 0.15) is 6.33 Å². The normalized spacial score (nSPS) is 15.6. The largest absolute Gasteiger partial charge is 0.378 e. The molecule has 0 bridgehead atoms. The van der Waals surface area contributed by atoms with Gasteiger partial charge in [-0.3, -0.25) is 0 Å². The van der Waals surface area contributed by atoms with Crippen LogP contribution in [0.4, 0.5) is 11.9 Å². The van der Waals surface area contributed by atoms with Crippen molar-refractivity contribution in [3.8, 4) is 0 Å². The van der Waals surface area contributed by atoms with Crippen LogP contribution < -0.4 is 10.6 Å². The van der Waals surface area contributed by atoms with E-state index < -0.39 is 0 Å². The van der Waals surface area contributed by atoms with Crippen LogP contribution in [0.25, 0.3) is 0 Å². The number of morpholine rings is 1. The van der Waals surface area contributed by atoms with E-state index in [-0.39, 0.29) is 5.95 Å². The van der Waals surface area contributed by atoms with E-state index >= 15 is 0 Å². The highest BCUT2D eigenvalue weighted by molar-refractivity contribution is 7.99. The molecular formula is C10H14N8OS. The second-order valence-corrected chi connectivity index (χ2v) is 5.14. The molecule has 1 aliphatic heterocycles. The SMILES string of the molecule is Cn1cnnc1Sc1nc(N)nc(N2CCOCC2)n1. The molecule has 0 amide bonds. The summed E-state index contributed by atoms with van der Waals surface area (Å²) in [6, 6.07) is 0. The summed E-state index contributed by atoms with van der Waals surface area (Å²) in [7, 11) is 1.86. The van der Waals surface area contributed by atoms with Gasteiger partial charge in [-0.05, 0) is 11.8 Å². The number of anilines is 2. The van der Waals surface area contributed by atoms with Crippen LogP contribution in [-0.2, 0) is 11.8 Å². The average molecular weight is 294 g/mol. The van der Waals surface area contributed by atoms with E-state index in [0.717, 1.165) is 13.1 Å². The van der Waals surface area contributed by atoms with Crippen molar-refractivity contribution in [2.24, 2.45) is 7.05 Å². The molecule has 0 saturated carbocycles. The fourth-order valence-corrected chi connectivity index (χ4v) is 2.47. The zero-order valence-electron chi connectivity index (χ0n) is 10.9. The predicted molar refractivity (Wildman–Crippen MR) is 72.4 cm³/mol. The van der Waals surface area contributed by atoms with E-state index in [1.807, 2.05) is 11.9 Å². The number of nitrogens with zero attached hydrogens (tertiary/aromatic N) is 7. The number of ether oxygens (including phenoxy) is 1. The van der Waals surface area contributed by atoms with Gasteiger partial charge in [-0.25, -0.2) is 0 Å². The molecule has 1 saturated heterocycles. The topological polar surface area (TPSA) is 108 Å². The van der Waals surface area contributed by atoms with Crippen molar-refractivity contribution in [3.05, 3.63) is 6.33 Å². The predicted octanol–water partition coefficient (Wildman–Crippen LogP) is -0.430. The third kappa shape index (κ3) is 2.80. The Morgan fingerprint density at radius 1 is 1.25 bits per heavy atom. The molecule has 20 heavy (non-hydrogen) atoms. The summed E-state index contributed by atoms with van der Waals surface area (Å²) in [6.07, 6.45) is 1.62. The molecule has 0 atom stereocenters. The van der Waals surface area contributed by atoms with Gasteiger partial charge < -0.3 is 19.9 Å². The van der Waals surface area contributed by atoms with E-state index in [1.54, 1.807) is 10.9 Å². The molecule has 2 aromatic rings. The first-order valence-electron chi connectivity index (χ1n) is 6.08. The first-order chi connectivity index (χ1) is 9.72. The van der Waals surface area contributed by atoms with Crippen molar-refractivity contribution in [2.75, 3.05) is 36.9 Å². The minimum Gasteiger partial charge on any atom is -0.378 e. The molecule has 0 unspecified atom stereocenters. The van der Waals surface area contributed by atoms with Gasteiger partial charge in [-0.2, -0.15) is 15.0 Å². The highest BCUT2D eigenvalue weighted by Crippen LogP contribution is 2.23. The van der Waals surface area contributed by atoms with Crippen LogP contribution in [0.5, 0.6) is 0 Å².